The molecule has 0 fully saturated rings. The number of anilines is 1. The van der Waals surface area contributed by atoms with Crippen LogP contribution in [0.5, 0.6) is 0 Å². The van der Waals surface area contributed by atoms with Crippen LogP contribution in [0.25, 0.3) is 0 Å². The molecule has 0 spiro atoms. The van der Waals surface area contributed by atoms with Gasteiger partial charge in [-0.1, -0.05) is 48.1 Å². The second kappa shape index (κ2) is 8.09. The number of rotatable bonds is 3. The molecule has 0 radical (unpaired) electrons. The van der Waals surface area contributed by atoms with Crippen LogP contribution in [0.3, 0.4) is 0 Å². The van der Waals surface area contributed by atoms with Gasteiger partial charge in [0, 0.05) is 35.6 Å². The number of nitrogens with one attached hydrogen (secondary N) is 1. The number of hydrogen-bond acceptors (Lipinski definition) is 3. The van der Waals surface area contributed by atoms with E-state index in [-0.39, 0.29) is 11.9 Å². The normalized spacial score (nSPS) is 16.9. The Labute approximate surface area is 169 Å². The summed E-state index contributed by atoms with van der Waals surface area (Å²) >= 11 is 16.9. The maximum Gasteiger partial charge on any atom is 0.331 e. The molecule has 1 unspecified atom stereocenters. The minimum Gasteiger partial charge on any atom is -0.337 e. The quantitative estimate of drug-likeness (QED) is 0.703. The fourth-order valence-electron chi connectivity index (χ4n) is 3.32. The molecule has 3 rings (SSSR count). The van der Waals surface area contributed by atoms with Crippen molar-refractivity contribution in [3.8, 4) is 0 Å². The van der Waals surface area contributed by atoms with Gasteiger partial charge in [-0.3, -0.25) is 0 Å². The van der Waals surface area contributed by atoms with Crippen molar-refractivity contribution in [1.29, 1.82) is 0 Å². The fourth-order valence-corrected chi connectivity index (χ4v) is 4.09. The van der Waals surface area contributed by atoms with Crippen molar-refractivity contribution in [2.75, 3.05) is 24.4 Å². The number of urea groups is 1. The Morgan fingerprint density at radius 3 is 2.65 bits per heavy atom. The Kier molecular flexibility index (Phi) is 6.03. The fraction of sp³-hybridized carbons (Fsp3) is 0.316. The molecule has 1 aliphatic rings. The molecular formula is C19H21Cl2N3OS. The molecule has 4 nitrogen and oxygen atoms in total. The van der Waals surface area contributed by atoms with Crippen LogP contribution in [0.1, 0.15) is 29.5 Å². The summed E-state index contributed by atoms with van der Waals surface area (Å²) in [5.74, 6) is 0.173. The molecule has 0 aromatic heterocycles. The third-order valence-corrected chi connectivity index (χ3v) is 5.52. The van der Waals surface area contributed by atoms with E-state index in [9.17, 15) is 4.79 Å². The maximum absolute atomic E-state index is 11.9. The van der Waals surface area contributed by atoms with Crippen LogP contribution >= 0.6 is 36.0 Å². The number of carbonyl (C=O) groups excluding carboxylic acids is 1. The van der Waals surface area contributed by atoms with Crippen molar-refractivity contribution in [3.05, 3.63) is 63.1 Å². The SMILES string of the molecule is CCNC(=O)N(S)c1ccc(C2CN(C)Cc3c(Cl)cc(Cl)cc32)cc1. The molecule has 1 heterocycles. The van der Waals surface area contributed by atoms with Gasteiger partial charge in [0.25, 0.3) is 0 Å². The van der Waals surface area contributed by atoms with E-state index in [1.165, 1.54) is 9.87 Å². The Hall–Kier alpha value is -1.40. The van der Waals surface area contributed by atoms with Gasteiger partial charge in [-0.2, -0.15) is 0 Å². The average Bonchev–Trinajstić information content (AvgIpc) is 2.61. The summed E-state index contributed by atoms with van der Waals surface area (Å²) in [6.07, 6.45) is 0. The number of thiol groups is 1. The third kappa shape index (κ3) is 3.96. The van der Waals surface area contributed by atoms with Crippen molar-refractivity contribution in [3.63, 3.8) is 0 Å². The lowest BCUT2D eigenvalue weighted by molar-refractivity contribution is 0.250. The van der Waals surface area contributed by atoms with Gasteiger partial charge in [0.05, 0.1) is 5.69 Å². The van der Waals surface area contributed by atoms with Crippen molar-refractivity contribution in [2.45, 2.75) is 19.4 Å². The Morgan fingerprint density at radius 2 is 2.00 bits per heavy atom. The lowest BCUT2D eigenvalue weighted by atomic mass is 9.85. The monoisotopic (exact) mass is 409 g/mol. The number of amides is 2. The molecule has 2 aromatic carbocycles. The molecule has 7 heteroatoms. The van der Waals surface area contributed by atoms with Crippen LogP contribution in [-0.2, 0) is 6.54 Å². The smallest absolute Gasteiger partial charge is 0.331 e. The summed E-state index contributed by atoms with van der Waals surface area (Å²) in [5.41, 5.74) is 4.16. The van der Waals surface area contributed by atoms with Crippen LogP contribution in [0.2, 0.25) is 10.0 Å². The van der Waals surface area contributed by atoms with Gasteiger partial charge in [-0.15, -0.1) is 0 Å². The predicted molar refractivity (Wildman–Crippen MR) is 112 cm³/mol. The summed E-state index contributed by atoms with van der Waals surface area (Å²) in [4.78, 5) is 14.2. The molecule has 1 N–H and O–H groups in total. The van der Waals surface area contributed by atoms with Gasteiger partial charge in [-0.05, 0) is 54.9 Å². The summed E-state index contributed by atoms with van der Waals surface area (Å²) in [7, 11) is 2.08. The van der Waals surface area contributed by atoms with Crippen molar-refractivity contribution < 1.29 is 4.79 Å². The summed E-state index contributed by atoms with van der Waals surface area (Å²) < 4.78 is 1.31. The highest BCUT2D eigenvalue weighted by Gasteiger charge is 2.27. The van der Waals surface area contributed by atoms with Gasteiger partial charge in [0.2, 0.25) is 0 Å². The third-order valence-electron chi connectivity index (χ3n) is 4.55. The van der Waals surface area contributed by atoms with Gasteiger partial charge in [-0.25, -0.2) is 9.10 Å². The second-order valence-electron chi connectivity index (χ2n) is 6.44. The van der Waals surface area contributed by atoms with Crippen LogP contribution < -0.4 is 9.62 Å². The lowest BCUT2D eigenvalue weighted by Gasteiger charge is -2.33. The van der Waals surface area contributed by atoms with E-state index in [1.807, 2.05) is 37.3 Å². The van der Waals surface area contributed by atoms with Gasteiger partial charge in [0.1, 0.15) is 0 Å². The first-order valence-electron chi connectivity index (χ1n) is 8.43. The molecule has 0 bridgehead atoms. The first kappa shape index (κ1) is 19.4. The van der Waals surface area contributed by atoms with Crippen LogP contribution in [0.15, 0.2) is 36.4 Å². The number of likely N-dealkylation sites (N-methyl/N-ethyl adjacent to an activating group) is 1. The lowest BCUT2D eigenvalue weighted by Crippen LogP contribution is -2.33. The predicted octanol–water partition coefficient (Wildman–Crippen LogP) is 4.95. The zero-order valence-electron chi connectivity index (χ0n) is 14.7. The molecule has 26 heavy (non-hydrogen) atoms. The number of halogens is 2. The van der Waals surface area contributed by atoms with Gasteiger partial charge >= 0.3 is 6.03 Å². The number of benzene rings is 2. The van der Waals surface area contributed by atoms with E-state index in [0.29, 0.717) is 16.6 Å². The Balaban J connectivity index is 1.92. The standard InChI is InChI=1S/C19H21Cl2N3OS/c1-3-22-19(25)24(26)14-6-4-12(5-7-14)16-10-23(2)11-17-15(16)8-13(20)9-18(17)21/h4-9,16,26H,3,10-11H2,1-2H3,(H,22,25). The molecule has 1 aliphatic heterocycles. The van der Waals surface area contributed by atoms with Gasteiger partial charge < -0.3 is 10.2 Å². The minimum atomic E-state index is -0.245. The highest BCUT2D eigenvalue weighted by atomic mass is 35.5. The molecule has 0 saturated heterocycles. The van der Waals surface area contributed by atoms with Crippen LogP contribution in [0, 0.1) is 0 Å². The summed E-state index contributed by atoms with van der Waals surface area (Å²) in [5, 5.41) is 4.09. The Morgan fingerprint density at radius 1 is 1.31 bits per heavy atom. The van der Waals surface area contributed by atoms with Crippen LogP contribution in [-0.4, -0.2) is 31.1 Å². The Bertz CT molecular complexity index is 813. The zero-order valence-corrected chi connectivity index (χ0v) is 17.1. The van der Waals surface area contributed by atoms with E-state index in [4.69, 9.17) is 23.2 Å². The minimum absolute atomic E-state index is 0.173. The van der Waals surface area contributed by atoms with Crippen LogP contribution in [0.4, 0.5) is 10.5 Å². The van der Waals surface area contributed by atoms with E-state index < -0.39 is 0 Å². The zero-order chi connectivity index (χ0) is 18.8. The number of fused-ring (bicyclic) bond motifs is 1. The molecule has 2 aromatic rings. The molecule has 1 atom stereocenters. The topological polar surface area (TPSA) is 35.6 Å². The van der Waals surface area contributed by atoms with E-state index in [1.54, 1.807) is 6.07 Å². The molecule has 0 saturated carbocycles. The molecule has 138 valence electrons. The summed E-state index contributed by atoms with van der Waals surface area (Å²) in [6, 6.07) is 11.4. The summed E-state index contributed by atoms with van der Waals surface area (Å²) in [6.45, 7) is 4.11. The van der Waals surface area contributed by atoms with E-state index >= 15 is 0 Å². The highest BCUT2D eigenvalue weighted by molar-refractivity contribution is 7.82. The van der Waals surface area contributed by atoms with Crippen molar-refractivity contribution in [1.82, 2.24) is 10.2 Å². The number of carbonyl (C=O) groups is 1. The highest BCUT2D eigenvalue weighted by Crippen LogP contribution is 2.38. The number of hydrogen-bond donors (Lipinski definition) is 2. The number of nitrogens with zero attached hydrogens (tertiary/aromatic N) is 2. The van der Waals surface area contributed by atoms with Crippen molar-refractivity contribution >= 4 is 47.7 Å². The van der Waals surface area contributed by atoms with Gasteiger partial charge in [0.15, 0.2) is 0 Å². The average molecular weight is 410 g/mol. The largest absolute Gasteiger partial charge is 0.337 e. The van der Waals surface area contributed by atoms with E-state index in [0.717, 1.165) is 29.9 Å². The van der Waals surface area contributed by atoms with Crippen molar-refractivity contribution in [2.24, 2.45) is 0 Å². The molecule has 0 aliphatic carbocycles. The maximum atomic E-state index is 11.9. The van der Waals surface area contributed by atoms with E-state index in [2.05, 4.69) is 30.1 Å². The second-order valence-corrected chi connectivity index (χ2v) is 7.69. The molecule has 2 amide bonds. The first-order valence-corrected chi connectivity index (χ1v) is 9.59. The first-order chi connectivity index (χ1) is 12.4. The molecular weight excluding hydrogens is 389 g/mol.